The van der Waals surface area contributed by atoms with E-state index in [0.29, 0.717) is 27.4 Å². The van der Waals surface area contributed by atoms with Crippen molar-refractivity contribution in [2.75, 3.05) is 19.5 Å². The van der Waals surface area contributed by atoms with E-state index in [9.17, 15) is 9.18 Å². The molecule has 1 N–H and O–H groups in total. The molecule has 5 nitrogen and oxygen atoms in total. The number of benzene rings is 2. The quantitative estimate of drug-likeness (QED) is 0.799. The summed E-state index contributed by atoms with van der Waals surface area (Å²) in [6, 6.07) is 9.03. The van der Waals surface area contributed by atoms with Crippen LogP contribution >= 0.6 is 15.9 Å². The lowest BCUT2D eigenvalue weighted by atomic mass is 10.2. The number of halogens is 2. The van der Waals surface area contributed by atoms with Crippen LogP contribution in [-0.4, -0.2) is 26.2 Å². The summed E-state index contributed by atoms with van der Waals surface area (Å²) in [6.45, 7) is 1.60. The van der Waals surface area contributed by atoms with Crippen molar-refractivity contribution in [1.29, 1.82) is 0 Å². The molecule has 128 valence electrons. The van der Waals surface area contributed by atoms with Gasteiger partial charge in [0.05, 0.1) is 18.7 Å². The highest BCUT2D eigenvalue weighted by atomic mass is 79.9. The van der Waals surface area contributed by atoms with Crippen LogP contribution in [-0.2, 0) is 4.79 Å². The monoisotopic (exact) mass is 397 g/mol. The maximum Gasteiger partial charge on any atom is 0.265 e. The number of carbonyl (C=O) groups excluding carboxylic acids is 1. The zero-order chi connectivity index (χ0) is 17.7. The summed E-state index contributed by atoms with van der Waals surface area (Å²) in [5, 5.41) is 2.73. The summed E-state index contributed by atoms with van der Waals surface area (Å²) in [6.07, 6.45) is -0.778. The topological polar surface area (TPSA) is 56.8 Å². The molecule has 1 atom stereocenters. The van der Waals surface area contributed by atoms with Crippen LogP contribution in [0.25, 0.3) is 0 Å². The SMILES string of the molecule is COc1ccc(NC(=O)C(C)Oc2ccc(F)cc2Br)cc1OC. The van der Waals surface area contributed by atoms with Crippen LogP contribution in [0.3, 0.4) is 0 Å². The summed E-state index contributed by atoms with van der Waals surface area (Å²) >= 11 is 3.20. The molecule has 7 heteroatoms. The molecule has 0 spiro atoms. The molecule has 0 bridgehead atoms. The van der Waals surface area contributed by atoms with E-state index in [1.165, 1.54) is 32.4 Å². The number of methoxy groups -OCH3 is 2. The number of hydrogen-bond donors (Lipinski definition) is 1. The minimum atomic E-state index is -0.778. The molecule has 2 rings (SSSR count). The summed E-state index contributed by atoms with van der Waals surface area (Å²) in [4.78, 5) is 12.3. The van der Waals surface area contributed by atoms with Crippen molar-refractivity contribution in [2.45, 2.75) is 13.0 Å². The van der Waals surface area contributed by atoms with Crippen LogP contribution in [0.5, 0.6) is 17.2 Å². The second kappa shape index (κ2) is 8.01. The standard InChI is InChI=1S/C17H17BrFNO4/c1-10(24-14-6-4-11(19)8-13(14)18)17(21)20-12-5-7-15(22-2)16(9-12)23-3/h4-10H,1-3H3,(H,20,21). The fourth-order valence-corrected chi connectivity index (χ4v) is 2.42. The van der Waals surface area contributed by atoms with Crippen LogP contribution in [0, 0.1) is 5.82 Å². The molecule has 0 aromatic heterocycles. The molecular weight excluding hydrogens is 381 g/mol. The lowest BCUT2D eigenvalue weighted by Crippen LogP contribution is -2.30. The molecule has 0 aliphatic carbocycles. The first-order chi connectivity index (χ1) is 11.4. The number of anilines is 1. The average Bonchev–Trinajstić information content (AvgIpc) is 2.57. The average molecular weight is 398 g/mol. The Morgan fingerprint density at radius 3 is 2.38 bits per heavy atom. The van der Waals surface area contributed by atoms with Gasteiger partial charge in [-0.3, -0.25) is 4.79 Å². The van der Waals surface area contributed by atoms with E-state index in [2.05, 4.69) is 21.2 Å². The highest BCUT2D eigenvalue weighted by Gasteiger charge is 2.17. The van der Waals surface area contributed by atoms with Gasteiger partial charge in [0, 0.05) is 11.8 Å². The van der Waals surface area contributed by atoms with Crippen molar-refractivity contribution in [3.8, 4) is 17.2 Å². The molecule has 0 fully saturated rings. The Morgan fingerprint density at radius 1 is 1.08 bits per heavy atom. The van der Waals surface area contributed by atoms with Gasteiger partial charge in [0.15, 0.2) is 17.6 Å². The summed E-state index contributed by atoms with van der Waals surface area (Å²) < 4.78 is 29.4. The zero-order valence-corrected chi connectivity index (χ0v) is 15.0. The van der Waals surface area contributed by atoms with Crippen molar-refractivity contribution in [2.24, 2.45) is 0 Å². The van der Waals surface area contributed by atoms with Gasteiger partial charge in [0.2, 0.25) is 0 Å². The second-order valence-corrected chi connectivity index (χ2v) is 5.75. The number of nitrogens with one attached hydrogen (secondary N) is 1. The molecule has 0 heterocycles. The molecular formula is C17H17BrFNO4. The molecule has 0 radical (unpaired) electrons. The Balaban J connectivity index is 2.06. The van der Waals surface area contributed by atoms with Crippen LogP contribution in [0.1, 0.15) is 6.92 Å². The lowest BCUT2D eigenvalue weighted by molar-refractivity contribution is -0.122. The van der Waals surface area contributed by atoms with Gasteiger partial charge in [-0.05, 0) is 53.2 Å². The van der Waals surface area contributed by atoms with E-state index < -0.39 is 11.9 Å². The van der Waals surface area contributed by atoms with Crippen LogP contribution in [0.2, 0.25) is 0 Å². The Morgan fingerprint density at radius 2 is 1.75 bits per heavy atom. The number of hydrogen-bond acceptors (Lipinski definition) is 4. The van der Waals surface area contributed by atoms with E-state index in [1.54, 1.807) is 25.1 Å². The van der Waals surface area contributed by atoms with Crippen molar-refractivity contribution < 1.29 is 23.4 Å². The molecule has 2 aromatic carbocycles. The minimum absolute atomic E-state index is 0.349. The van der Waals surface area contributed by atoms with Crippen molar-refractivity contribution >= 4 is 27.5 Å². The maximum atomic E-state index is 13.1. The Labute approximate surface area is 147 Å². The summed E-state index contributed by atoms with van der Waals surface area (Å²) in [5.41, 5.74) is 0.547. The van der Waals surface area contributed by atoms with Gasteiger partial charge < -0.3 is 19.5 Å². The van der Waals surface area contributed by atoms with E-state index in [-0.39, 0.29) is 5.91 Å². The van der Waals surface area contributed by atoms with Gasteiger partial charge in [0.25, 0.3) is 5.91 Å². The van der Waals surface area contributed by atoms with E-state index in [1.807, 2.05) is 0 Å². The maximum absolute atomic E-state index is 13.1. The Kier molecular flexibility index (Phi) is 6.03. The molecule has 24 heavy (non-hydrogen) atoms. The van der Waals surface area contributed by atoms with Crippen molar-refractivity contribution in [3.05, 3.63) is 46.7 Å². The number of ether oxygens (including phenoxy) is 3. The smallest absolute Gasteiger partial charge is 0.265 e. The molecule has 1 unspecified atom stereocenters. The highest BCUT2D eigenvalue weighted by Crippen LogP contribution is 2.30. The summed E-state index contributed by atoms with van der Waals surface area (Å²) in [7, 11) is 3.05. The van der Waals surface area contributed by atoms with Gasteiger partial charge >= 0.3 is 0 Å². The lowest BCUT2D eigenvalue weighted by Gasteiger charge is -2.16. The Bertz CT molecular complexity index is 739. The fraction of sp³-hybridized carbons (Fsp3) is 0.235. The fourth-order valence-electron chi connectivity index (χ4n) is 1.97. The third-order valence-electron chi connectivity index (χ3n) is 3.22. The van der Waals surface area contributed by atoms with Crippen molar-refractivity contribution in [1.82, 2.24) is 0 Å². The van der Waals surface area contributed by atoms with Crippen LogP contribution in [0.15, 0.2) is 40.9 Å². The van der Waals surface area contributed by atoms with Gasteiger partial charge in [-0.2, -0.15) is 0 Å². The third-order valence-corrected chi connectivity index (χ3v) is 3.84. The molecule has 0 saturated heterocycles. The largest absolute Gasteiger partial charge is 0.493 e. The minimum Gasteiger partial charge on any atom is -0.493 e. The summed E-state index contributed by atoms with van der Waals surface area (Å²) in [5.74, 6) is 0.710. The molecule has 0 aliphatic rings. The van der Waals surface area contributed by atoms with Gasteiger partial charge in [-0.25, -0.2) is 4.39 Å². The molecule has 1 amide bonds. The zero-order valence-electron chi connectivity index (χ0n) is 13.4. The first kappa shape index (κ1) is 18.1. The van der Waals surface area contributed by atoms with E-state index in [4.69, 9.17) is 14.2 Å². The number of carbonyl (C=O) groups is 1. The number of rotatable bonds is 6. The van der Waals surface area contributed by atoms with Crippen molar-refractivity contribution in [3.63, 3.8) is 0 Å². The first-order valence-corrected chi connectivity index (χ1v) is 7.88. The number of amides is 1. The predicted molar refractivity (Wildman–Crippen MR) is 92.4 cm³/mol. The van der Waals surface area contributed by atoms with E-state index >= 15 is 0 Å². The van der Waals surface area contributed by atoms with Gasteiger partial charge in [0.1, 0.15) is 11.6 Å². The van der Waals surface area contributed by atoms with Crippen LogP contribution < -0.4 is 19.5 Å². The predicted octanol–water partition coefficient (Wildman–Crippen LogP) is 4.01. The highest BCUT2D eigenvalue weighted by molar-refractivity contribution is 9.10. The third kappa shape index (κ3) is 4.38. The van der Waals surface area contributed by atoms with Gasteiger partial charge in [-0.15, -0.1) is 0 Å². The normalized spacial score (nSPS) is 11.5. The molecule has 0 saturated carbocycles. The molecule has 2 aromatic rings. The molecule has 0 aliphatic heterocycles. The first-order valence-electron chi connectivity index (χ1n) is 7.09. The van der Waals surface area contributed by atoms with Gasteiger partial charge in [-0.1, -0.05) is 0 Å². The van der Waals surface area contributed by atoms with Crippen LogP contribution in [0.4, 0.5) is 10.1 Å². The second-order valence-electron chi connectivity index (χ2n) is 4.89. The van der Waals surface area contributed by atoms with E-state index in [0.717, 1.165) is 0 Å². The Hall–Kier alpha value is -2.28.